The molecule has 15 heavy (non-hydrogen) atoms. The van der Waals surface area contributed by atoms with E-state index in [9.17, 15) is 0 Å². The summed E-state index contributed by atoms with van der Waals surface area (Å²) in [7, 11) is 0. The molecule has 2 rings (SSSR count). The first kappa shape index (κ1) is 11.3. The van der Waals surface area contributed by atoms with Gasteiger partial charge in [-0.2, -0.15) is 0 Å². The second kappa shape index (κ2) is 5.21. The minimum absolute atomic E-state index is 0.422. The Morgan fingerprint density at radius 1 is 1.47 bits per heavy atom. The third-order valence-electron chi connectivity index (χ3n) is 2.66. The molecule has 0 aliphatic heterocycles. The summed E-state index contributed by atoms with van der Waals surface area (Å²) in [5.41, 5.74) is 2.89. The monoisotopic (exact) mass is 242 g/mol. The van der Waals surface area contributed by atoms with E-state index >= 15 is 0 Å². The Hall–Kier alpha value is -0.220. The standard InChI is InChI=1S/C11H15ClN2S/c12-9-3-1-2-4-11(9)15-7-10(14-13)8-5-6-8/h1-4,8,10,14H,5-7,13H2. The minimum Gasteiger partial charge on any atom is -0.271 e. The summed E-state index contributed by atoms with van der Waals surface area (Å²) in [6, 6.07) is 8.35. The fourth-order valence-electron chi connectivity index (χ4n) is 1.56. The van der Waals surface area contributed by atoms with Crippen LogP contribution in [0.5, 0.6) is 0 Å². The van der Waals surface area contributed by atoms with Gasteiger partial charge in [0.1, 0.15) is 0 Å². The van der Waals surface area contributed by atoms with Gasteiger partial charge in [-0.15, -0.1) is 11.8 Å². The van der Waals surface area contributed by atoms with E-state index < -0.39 is 0 Å². The summed E-state index contributed by atoms with van der Waals surface area (Å²) < 4.78 is 0. The Morgan fingerprint density at radius 3 is 2.80 bits per heavy atom. The summed E-state index contributed by atoms with van der Waals surface area (Å²) in [5.74, 6) is 7.28. The lowest BCUT2D eigenvalue weighted by Crippen LogP contribution is -2.38. The van der Waals surface area contributed by atoms with Crippen molar-refractivity contribution in [3.63, 3.8) is 0 Å². The van der Waals surface area contributed by atoms with Gasteiger partial charge >= 0.3 is 0 Å². The third-order valence-corrected chi connectivity index (χ3v) is 4.29. The molecule has 3 N–H and O–H groups in total. The maximum Gasteiger partial charge on any atom is 0.0541 e. The van der Waals surface area contributed by atoms with Crippen molar-refractivity contribution in [2.24, 2.45) is 11.8 Å². The zero-order chi connectivity index (χ0) is 10.7. The van der Waals surface area contributed by atoms with Gasteiger partial charge in [-0.1, -0.05) is 23.7 Å². The Morgan fingerprint density at radius 2 is 2.20 bits per heavy atom. The summed E-state index contributed by atoms with van der Waals surface area (Å²) in [6.45, 7) is 0. The predicted molar refractivity (Wildman–Crippen MR) is 66.0 cm³/mol. The lowest BCUT2D eigenvalue weighted by atomic mass is 10.2. The molecule has 1 unspecified atom stereocenters. The Balaban J connectivity index is 1.89. The minimum atomic E-state index is 0.422. The first-order chi connectivity index (χ1) is 7.31. The molecule has 1 saturated carbocycles. The van der Waals surface area contributed by atoms with E-state index in [-0.39, 0.29) is 0 Å². The number of rotatable bonds is 5. The van der Waals surface area contributed by atoms with Crippen LogP contribution in [0.3, 0.4) is 0 Å². The highest BCUT2D eigenvalue weighted by Gasteiger charge is 2.30. The van der Waals surface area contributed by atoms with Gasteiger partial charge in [0.2, 0.25) is 0 Å². The molecule has 1 aromatic carbocycles. The molecule has 0 amide bonds. The Kier molecular flexibility index (Phi) is 3.92. The molecule has 0 heterocycles. The van der Waals surface area contributed by atoms with Crippen molar-refractivity contribution >= 4 is 23.4 Å². The number of hydrogen-bond acceptors (Lipinski definition) is 3. The van der Waals surface area contributed by atoms with E-state index in [0.29, 0.717) is 6.04 Å². The first-order valence-corrected chi connectivity index (χ1v) is 6.51. The molecule has 0 radical (unpaired) electrons. The molecule has 1 aliphatic rings. The number of hydrogen-bond donors (Lipinski definition) is 2. The topological polar surface area (TPSA) is 38.0 Å². The molecule has 1 aromatic rings. The first-order valence-electron chi connectivity index (χ1n) is 5.14. The van der Waals surface area contributed by atoms with Gasteiger partial charge in [0.05, 0.1) is 5.02 Å². The highest BCUT2D eigenvalue weighted by molar-refractivity contribution is 7.99. The van der Waals surface area contributed by atoms with Crippen LogP contribution in [0.25, 0.3) is 0 Å². The van der Waals surface area contributed by atoms with Crippen molar-refractivity contribution in [2.75, 3.05) is 5.75 Å². The molecule has 0 saturated heterocycles. The zero-order valence-corrected chi connectivity index (χ0v) is 10.0. The summed E-state index contributed by atoms with van der Waals surface area (Å²) >= 11 is 7.85. The average Bonchev–Trinajstić information content (AvgIpc) is 3.06. The Labute approximate surface area is 99.5 Å². The molecule has 4 heteroatoms. The van der Waals surface area contributed by atoms with Gasteiger partial charge in [0, 0.05) is 16.7 Å². The highest BCUT2D eigenvalue weighted by atomic mass is 35.5. The van der Waals surface area contributed by atoms with Crippen LogP contribution in [0.15, 0.2) is 29.2 Å². The largest absolute Gasteiger partial charge is 0.271 e. The van der Waals surface area contributed by atoms with E-state index in [2.05, 4.69) is 5.43 Å². The van der Waals surface area contributed by atoms with Crippen LogP contribution in [0.1, 0.15) is 12.8 Å². The van der Waals surface area contributed by atoms with Crippen molar-refractivity contribution < 1.29 is 0 Å². The second-order valence-electron chi connectivity index (χ2n) is 3.85. The summed E-state index contributed by atoms with van der Waals surface area (Å²) in [4.78, 5) is 1.14. The lowest BCUT2D eigenvalue weighted by molar-refractivity contribution is 0.520. The maximum atomic E-state index is 6.07. The summed E-state index contributed by atoms with van der Waals surface area (Å²) in [6.07, 6.45) is 2.61. The van der Waals surface area contributed by atoms with E-state index in [1.54, 1.807) is 11.8 Å². The Bertz CT molecular complexity index is 328. The van der Waals surface area contributed by atoms with Crippen LogP contribution < -0.4 is 11.3 Å². The predicted octanol–water partition coefficient (Wildman–Crippen LogP) is 2.67. The van der Waals surface area contributed by atoms with E-state index in [1.807, 2.05) is 24.3 Å². The van der Waals surface area contributed by atoms with Gasteiger partial charge in [-0.25, -0.2) is 0 Å². The maximum absolute atomic E-state index is 6.07. The van der Waals surface area contributed by atoms with Crippen molar-refractivity contribution in [1.82, 2.24) is 5.43 Å². The number of nitrogens with one attached hydrogen (secondary N) is 1. The van der Waals surface area contributed by atoms with Crippen molar-refractivity contribution in [3.05, 3.63) is 29.3 Å². The number of nitrogens with two attached hydrogens (primary N) is 1. The van der Waals surface area contributed by atoms with Gasteiger partial charge in [0.25, 0.3) is 0 Å². The van der Waals surface area contributed by atoms with Gasteiger partial charge in [-0.3, -0.25) is 11.3 Å². The molecule has 0 aromatic heterocycles. The van der Waals surface area contributed by atoms with E-state index in [0.717, 1.165) is 21.6 Å². The normalized spacial score (nSPS) is 17.7. The lowest BCUT2D eigenvalue weighted by Gasteiger charge is -2.14. The van der Waals surface area contributed by atoms with Gasteiger partial charge < -0.3 is 0 Å². The molecule has 1 fully saturated rings. The number of thioether (sulfide) groups is 1. The highest BCUT2D eigenvalue weighted by Crippen LogP contribution is 2.36. The van der Waals surface area contributed by atoms with Crippen molar-refractivity contribution in [3.8, 4) is 0 Å². The second-order valence-corrected chi connectivity index (χ2v) is 5.32. The van der Waals surface area contributed by atoms with Crippen LogP contribution in [0.2, 0.25) is 5.02 Å². The number of halogens is 1. The smallest absolute Gasteiger partial charge is 0.0541 e. The van der Waals surface area contributed by atoms with Crippen LogP contribution in [0.4, 0.5) is 0 Å². The van der Waals surface area contributed by atoms with Crippen LogP contribution >= 0.6 is 23.4 Å². The number of benzene rings is 1. The van der Waals surface area contributed by atoms with Crippen LogP contribution in [-0.2, 0) is 0 Å². The SMILES string of the molecule is NNC(CSc1ccccc1Cl)C1CC1. The summed E-state index contributed by atoms with van der Waals surface area (Å²) in [5, 5.41) is 0.828. The van der Waals surface area contributed by atoms with Crippen LogP contribution in [0, 0.1) is 5.92 Å². The molecule has 1 aliphatic carbocycles. The molecule has 82 valence electrons. The molecule has 1 atom stereocenters. The fourth-order valence-corrected chi connectivity index (χ4v) is 2.97. The molecular weight excluding hydrogens is 228 g/mol. The zero-order valence-electron chi connectivity index (χ0n) is 8.45. The quantitative estimate of drug-likeness (QED) is 0.474. The van der Waals surface area contributed by atoms with Gasteiger partial charge in [0.15, 0.2) is 0 Å². The molecular formula is C11H15ClN2S. The van der Waals surface area contributed by atoms with Crippen LogP contribution in [-0.4, -0.2) is 11.8 Å². The van der Waals surface area contributed by atoms with E-state index in [1.165, 1.54) is 12.8 Å². The van der Waals surface area contributed by atoms with E-state index in [4.69, 9.17) is 17.4 Å². The average molecular weight is 243 g/mol. The van der Waals surface area contributed by atoms with Crippen molar-refractivity contribution in [2.45, 2.75) is 23.8 Å². The fraction of sp³-hybridized carbons (Fsp3) is 0.455. The van der Waals surface area contributed by atoms with Gasteiger partial charge in [-0.05, 0) is 30.9 Å². The van der Waals surface area contributed by atoms with Crippen molar-refractivity contribution in [1.29, 1.82) is 0 Å². The third kappa shape index (κ3) is 3.11. The molecule has 0 spiro atoms. The molecule has 2 nitrogen and oxygen atoms in total. The molecule has 0 bridgehead atoms. The number of hydrazine groups is 1.